The van der Waals surface area contributed by atoms with Gasteiger partial charge in [-0.1, -0.05) is 38.1 Å². The number of nitrogens with one attached hydrogen (secondary N) is 1. The van der Waals surface area contributed by atoms with Crippen LogP contribution in [0, 0.1) is 5.92 Å². The molecule has 8 bridgehead atoms. The van der Waals surface area contributed by atoms with Crippen molar-refractivity contribution in [2.45, 2.75) is 39.2 Å². The van der Waals surface area contributed by atoms with Crippen molar-refractivity contribution in [3.63, 3.8) is 0 Å². The minimum Gasteiger partial charge on any atom is -0.507 e. The number of methoxy groups -OCH3 is 1. The lowest BCUT2D eigenvalue weighted by Crippen LogP contribution is -2.40. The molecule has 8 nitrogen and oxygen atoms in total. The maximum absolute atomic E-state index is 14.2. The zero-order valence-electron chi connectivity index (χ0n) is 25.8. The summed E-state index contributed by atoms with van der Waals surface area (Å²) in [6.45, 7) is 5.62. The highest BCUT2D eigenvalue weighted by atomic mass is 16.5. The number of benzene rings is 4. The summed E-state index contributed by atoms with van der Waals surface area (Å²) in [7, 11) is 1.57. The van der Waals surface area contributed by atoms with E-state index in [0.29, 0.717) is 67.0 Å². The maximum atomic E-state index is 14.2. The van der Waals surface area contributed by atoms with E-state index in [2.05, 4.69) is 19.2 Å². The Balaban J connectivity index is 1.44. The van der Waals surface area contributed by atoms with Crippen LogP contribution in [0.5, 0.6) is 28.7 Å². The van der Waals surface area contributed by atoms with Gasteiger partial charge in [0.05, 0.1) is 25.3 Å². The Morgan fingerprint density at radius 1 is 1.04 bits per heavy atom. The average molecular weight is 607 g/mol. The minimum absolute atomic E-state index is 0.0399. The predicted octanol–water partition coefficient (Wildman–Crippen LogP) is 6.69. The van der Waals surface area contributed by atoms with Crippen molar-refractivity contribution in [1.82, 2.24) is 10.2 Å². The van der Waals surface area contributed by atoms with E-state index in [1.165, 1.54) is 17.7 Å². The standard InChI is InChI=1S/C37H38N2O6/c1-23(2)18-24-8-10-25(11-9-24)37(42)39-16-14-26-20-34-33(43-3)22-30(26)35(39)27-6-4-7-28(19-27)44-17-5-15-38-36(41)31-21-29(45-34)12-13-32(31)40/h4,6-13,19-23,35,40H,5,14-18H2,1-3H3,(H,38,41). The van der Waals surface area contributed by atoms with Crippen LogP contribution in [0.25, 0.3) is 0 Å². The highest BCUT2D eigenvalue weighted by Gasteiger charge is 2.34. The molecule has 3 aliphatic heterocycles. The molecule has 3 aliphatic rings. The first kappa shape index (κ1) is 30.1. The van der Waals surface area contributed by atoms with E-state index >= 15 is 0 Å². The zero-order valence-corrected chi connectivity index (χ0v) is 25.8. The van der Waals surface area contributed by atoms with Gasteiger partial charge < -0.3 is 29.5 Å². The van der Waals surface area contributed by atoms with Crippen LogP contribution in [0.2, 0.25) is 0 Å². The molecule has 4 aromatic carbocycles. The van der Waals surface area contributed by atoms with Crippen molar-refractivity contribution >= 4 is 11.8 Å². The number of phenolic OH excluding ortho intramolecular Hbond substituents is 1. The fourth-order valence-electron chi connectivity index (χ4n) is 6.09. The van der Waals surface area contributed by atoms with E-state index in [4.69, 9.17) is 14.2 Å². The molecule has 0 radical (unpaired) electrons. The number of hydrogen-bond acceptors (Lipinski definition) is 6. The summed E-state index contributed by atoms with van der Waals surface area (Å²) < 4.78 is 18.1. The smallest absolute Gasteiger partial charge is 0.255 e. The molecule has 0 aromatic heterocycles. The first-order valence-electron chi connectivity index (χ1n) is 15.4. The molecule has 0 saturated carbocycles. The number of carbonyl (C=O) groups excluding carboxylic acids is 2. The SMILES string of the molecule is COc1cc2c3cc1Oc1ccc(O)c(c1)C(=O)NCCCOc1cccc(c1)C2N(C(=O)c1ccc(CC(C)C)cc1)CC3. The van der Waals surface area contributed by atoms with Crippen LogP contribution in [0.4, 0.5) is 0 Å². The van der Waals surface area contributed by atoms with E-state index in [-0.39, 0.29) is 23.3 Å². The predicted molar refractivity (Wildman–Crippen MR) is 172 cm³/mol. The molecular formula is C37H38N2O6. The molecule has 45 heavy (non-hydrogen) atoms. The molecule has 1 atom stereocenters. The summed E-state index contributed by atoms with van der Waals surface area (Å²) in [5.41, 5.74) is 4.87. The number of ether oxygens (including phenoxy) is 3. The van der Waals surface area contributed by atoms with Gasteiger partial charge >= 0.3 is 0 Å². The highest BCUT2D eigenvalue weighted by molar-refractivity contribution is 5.97. The third-order valence-electron chi connectivity index (χ3n) is 8.25. The molecule has 4 aromatic rings. The van der Waals surface area contributed by atoms with Gasteiger partial charge in [-0.2, -0.15) is 0 Å². The number of amides is 2. The van der Waals surface area contributed by atoms with Gasteiger partial charge in [-0.25, -0.2) is 0 Å². The zero-order chi connectivity index (χ0) is 31.5. The van der Waals surface area contributed by atoms with Crippen molar-refractivity contribution in [3.05, 3.63) is 112 Å². The van der Waals surface area contributed by atoms with Crippen LogP contribution in [-0.2, 0) is 12.8 Å². The molecule has 2 N–H and O–H groups in total. The Morgan fingerprint density at radius 3 is 2.64 bits per heavy atom. The molecule has 0 aliphatic carbocycles. The molecule has 8 heteroatoms. The van der Waals surface area contributed by atoms with Crippen LogP contribution in [0.1, 0.15) is 69.3 Å². The normalized spacial score (nSPS) is 16.2. The number of fused-ring (bicyclic) bond motifs is 6. The van der Waals surface area contributed by atoms with Crippen LogP contribution in [0.3, 0.4) is 0 Å². The highest BCUT2D eigenvalue weighted by Crippen LogP contribution is 2.43. The van der Waals surface area contributed by atoms with Gasteiger partial charge in [0.15, 0.2) is 11.5 Å². The van der Waals surface area contributed by atoms with Crippen molar-refractivity contribution in [1.29, 1.82) is 0 Å². The van der Waals surface area contributed by atoms with Crippen LogP contribution >= 0.6 is 0 Å². The Hall–Kier alpha value is -4.98. The first-order valence-corrected chi connectivity index (χ1v) is 15.4. The minimum atomic E-state index is -0.402. The third kappa shape index (κ3) is 6.45. The van der Waals surface area contributed by atoms with E-state index < -0.39 is 5.91 Å². The Kier molecular flexibility index (Phi) is 8.65. The Labute approximate surface area is 263 Å². The van der Waals surface area contributed by atoms with Gasteiger partial charge in [-0.3, -0.25) is 9.59 Å². The molecule has 0 fully saturated rings. The lowest BCUT2D eigenvalue weighted by Gasteiger charge is -2.38. The summed E-state index contributed by atoms with van der Waals surface area (Å²) in [6, 6.07) is 23.8. The van der Waals surface area contributed by atoms with Gasteiger partial charge in [0.2, 0.25) is 0 Å². The largest absolute Gasteiger partial charge is 0.507 e. The van der Waals surface area contributed by atoms with E-state index in [1.54, 1.807) is 13.2 Å². The second kappa shape index (κ2) is 12.9. The molecule has 7 rings (SSSR count). The van der Waals surface area contributed by atoms with E-state index in [0.717, 1.165) is 23.1 Å². The maximum Gasteiger partial charge on any atom is 0.255 e. The number of aromatic hydroxyl groups is 1. The lowest BCUT2D eigenvalue weighted by molar-refractivity contribution is 0.0693. The molecule has 0 saturated heterocycles. The van der Waals surface area contributed by atoms with Crippen LogP contribution in [0.15, 0.2) is 78.9 Å². The number of carbonyl (C=O) groups is 2. The number of hydrogen-bond donors (Lipinski definition) is 2. The molecule has 3 heterocycles. The summed E-state index contributed by atoms with van der Waals surface area (Å²) in [5.74, 6) is 1.98. The Morgan fingerprint density at radius 2 is 1.87 bits per heavy atom. The quantitative estimate of drug-likeness (QED) is 0.269. The van der Waals surface area contributed by atoms with Crippen molar-refractivity contribution in [2.24, 2.45) is 5.92 Å². The van der Waals surface area contributed by atoms with E-state index in [1.807, 2.05) is 65.6 Å². The topological polar surface area (TPSA) is 97.3 Å². The summed E-state index contributed by atoms with van der Waals surface area (Å²) in [4.78, 5) is 28.9. The van der Waals surface area contributed by atoms with Crippen LogP contribution in [-0.4, -0.2) is 48.6 Å². The monoisotopic (exact) mass is 606 g/mol. The summed E-state index contributed by atoms with van der Waals surface area (Å²) in [5, 5.41) is 13.2. The second-order valence-corrected chi connectivity index (χ2v) is 12.0. The third-order valence-corrected chi connectivity index (χ3v) is 8.25. The summed E-state index contributed by atoms with van der Waals surface area (Å²) in [6.07, 6.45) is 2.14. The number of rotatable bonds is 4. The van der Waals surface area contributed by atoms with Gasteiger partial charge in [0.25, 0.3) is 11.8 Å². The fourth-order valence-corrected chi connectivity index (χ4v) is 6.09. The summed E-state index contributed by atoms with van der Waals surface area (Å²) >= 11 is 0. The molecule has 232 valence electrons. The number of nitrogens with zero attached hydrogens (tertiary/aromatic N) is 1. The lowest BCUT2D eigenvalue weighted by atomic mass is 9.87. The first-order chi connectivity index (χ1) is 21.8. The van der Waals surface area contributed by atoms with Gasteiger partial charge in [-0.05, 0) is 102 Å². The molecule has 0 spiro atoms. The second-order valence-electron chi connectivity index (χ2n) is 12.0. The van der Waals surface area contributed by atoms with E-state index in [9.17, 15) is 14.7 Å². The average Bonchev–Trinajstić information content (AvgIpc) is 3.04. The van der Waals surface area contributed by atoms with Crippen LogP contribution < -0.4 is 19.5 Å². The van der Waals surface area contributed by atoms with Gasteiger partial charge in [0.1, 0.15) is 17.2 Å². The fraction of sp³-hybridized carbons (Fsp3) is 0.297. The molecule has 1 unspecified atom stereocenters. The van der Waals surface area contributed by atoms with Crippen molar-refractivity contribution in [3.8, 4) is 28.7 Å². The van der Waals surface area contributed by atoms with Crippen molar-refractivity contribution in [2.75, 3.05) is 26.8 Å². The van der Waals surface area contributed by atoms with Gasteiger partial charge in [0, 0.05) is 18.7 Å². The Bertz CT molecular complexity index is 1720. The number of phenols is 1. The van der Waals surface area contributed by atoms with Gasteiger partial charge in [-0.15, -0.1) is 0 Å². The van der Waals surface area contributed by atoms with Crippen molar-refractivity contribution < 1.29 is 28.9 Å². The molecule has 2 amide bonds. The molecular weight excluding hydrogens is 568 g/mol.